The first-order chi connectivity index (χ1) is 15.2. The van der Waals surface area contributed by atoms with E-state index in [-0.39, 0.29) is 5.91 Å². The van der Waals surface area contributed by atoms with Gasteiger partial charge in [0, 0.05) is 19.3 Å². The van der Waals surface area contributed by atoms with Crippen LogP contribution in [0.15, 0.2) is 48.1 Å². The molecule has 1 aliphatic rings. The van der Waals surface area contributed by atoms with Gasteiger partial charge in [-0.1, -0.05) is 23.5 Å². The van der Waals surface area contributed by atoms with Crippen LogP contribution in [-0.2, 0) is 6.54 Å². The topological polar surface area (TPSA) is 92.3 Å². The number of nitrogens with zero attached hydrogens (tertiary/aromatic N) is 4. The molecule has 0 bridgehead atoms. The third kappa shape index (κ3) is 5.99. The van der Waals surface area contributed by atoms with Crippen molar-refractivity contribution < 1.29 is 9.53 Å². The normalized spacial score (nSPS) is 14.9. The molecular weight excluding hydrogens is 412 g/mol. The van der Waals surface area contributed by atoms with E-state index in [4.69, 9.17) is 4.74 Å². The number of nitrogens with one attached hydrogen (secondary N) is 2. The molecule has 1 saturated heterocycles. The number of benzene rings is 1. The van der Waals surface area contributed by atoms with Crippen molar-refractivity contribution in [1.82, 2.24) is 20.1 Å². The summed E-state index contributed by atoms with van der Waals surface area (Å²) < 4.78 is 5.23. The van der Waals surface area contributed by atoms with Gasteiger partial charge < -0.3 is 10.1 Å². The largest absolute Gasteiger partial charge is 0.497 e. The van der Waals surface area contributed by atoms with Gasteiger partial charge in [-0.3, -0.25) is 15.0 Å². The highest BCUT2D eigenvalue weighted by Crippen LogP contribution is 2.21. The van der Waals surface area contributed by atoms with Crippen LogP contribution >= 0.6 is 11.3 Å². The Labute approximate surface area is 185 Å². The van der Waals surface area contributed by atoms with E-state index in [1.54, 1.807) is 24.9 Å². The lowest BCUT2D eigenvalue weighted by atomic mass is 9.96. The van der Waals surface area contributed by atoms with Crippen LogP contribution in [0.5, 0.6) is 5.75 Å². The molecule has 4 rings (SSSR count). The van der Waals surface area contributed by atoms with Crippen LogP contribution in [0.4, 0.5) is 10.9 Å². The van der Waals surface area contributed by atoms with Crippen LogP contribution in [0.25, 0.3) is 0 Å². The van der Waals surface area contributed by atoms with E-state index in [0.717, 1.165) is 50.6 Å². The second-order valence-electron chi connectivity index (χ2n) is 7.58. The second kappa shape index (κ2) is 10.3. The number of amides is 1. The Morgan fingerprint density at radius 1 is 1.19 bits per heavy atom. The lowest BCUT2D eigenvalue weighted by Gasteiger charge is -2.32. The van der Waals surface area contributed by atoms with Gasteiger partial charge in [-0.2, -0.15) is 0 Å². The van der Waals surface area contributed by atoms with Gasteiger partial charge in [0.15, 0.2) is 0 Å². The molecule has 8 nitrogen and oxygen atoms in total. The van der Waals surface area contributed by atoms with Gasteiger partial charge in [-0.25, -0.2) is 4.98 Å². The van der Waals surface area contributed by atoms with Crippen molar-refractivity contribution >= 4 is 28.2 Å². The monoisotopic (exact) mass is 438 g/mol. The van der Waals surface area contributed by atoms with Gasteiger partial charge in [-0.15, -0.1) is 10.2 Å². The molecule has 1 aromatic carbocycles. The first-order valence-electron chi connectivity index (χ1n) is 10.3. The van der Waals surface area contributed by atoms with Gasteiger partial charge in [0.2, 0.25) is 5.13 Å². The predicted molar refractivity (Wildman–Crippen MR) is 122 cm³/mol. The second-order valence-corrected chi connectivity index (χ2v) is 8.41. The number of carbonyl (C=O) groups is 1. The maximum absolute atomic E-state index is 12.2. The van der Waals surface area contributed by atoms with Crippen LogP contribution < -0.4 is 15.4 Å². The molecule has 2 aromatic heterocycles. The summed E-state index contributed by atoms with van der Waals surface area (Å²) in [4.78, 5) is 19.1. The zero-order valence-corrected chi connectivity index (χ0v) is 18.3. The van der Waals surface area contributed by atoms with Crippen molar-refractivity contribution in [3.8, 4) is 5.75 Å². The Morgan fingerprint density at radius 2 is 2.00 bits per heavy atom. The average molecular weight is 439 g/mol. The molecule has 0 aliphatic carbocycles. The first-order valence-corrected chi connectivity index (χ1v) is 11.2. The maximum atomic E-state index is 12.2. The molecule has 31 heavy (non-hydrogen) atoms. The number of hydrogen-bond donors (Lipinski definition) is 2. The number of pyridine rings is 1. The van der Waals surface area contributed by atoms with E-state index < -0.39 is 0 Å². The van der Waals surface area contributed by atoms with Crippen LogP contribution in [0, 0.1) is 5.92 Å². The minimum Gasteiger partial charge on any atom is -0.497 e. The van der Waals surface area contributed by atoms with Crippen LogP contribution in [0.1, 0.15) is 28.8 Å². The molecule has 0 spiro atoms. The molecule has 1 aliphatic heterocycles. The molecule has 162 valence electrons. The number of rotatable bonds is 8. The number of carbonyl (C=O) groups excluding carboxylic acids is 1. The summed E-state index contributed by atoms with van der Waals surface area (Å²) in [5.41, 5.74) is 3.38. The fourth-order valence-electron chi connectivity index (χ4n) is 3.62. The Hall–Kier alpha value is -3.04. The van der Waals surface area contributed by atoms with Crippen molar-refractivity contribution in [2.45, 2.75) is 19.4 Å². The van der Waals surface area contributed by atoms with Crippen molar-refractivity contribution in [1.29, 1.82) is 0 Å². The maximum Gasteiger partial charge on any atom is 0.259 e. The summed E-state index contributed by atoms with van der Waals surface area (Å²) in [6.45, 7) is 4.05. The van der Waals surface area contributed by atoms with Crippen molar-refractivity contribution in [3.05, 3.63) is 59.2 Å². The third-order valence-electron chi connectivity index (χ3n) is 5.45. The van der Waals surface area contributed by atoms with Crippen molar-refractivity contribution in [2.24, 2.45) is 5.92 Å². The molecule has 9 heteroatoms. The fraction of sp³-hybridized carbons (Fsp3) is 0.364. The van der Waals surface area contributed by atoms with E-state index in [2.05, 4.69) is 42.8 Å². The fourth-order valence-corrected chi connectivity index (χ4v) is 4.06. The van der Waals surface area contributed by atoms with Crippen molar-refractivity contribution in [2.75, 3.05) is 37.4 Å². The lowest BCUT2D eigenvalue weighted by molar-refractivity contribution is 0.102. The van der Waals surface area contributed by atoms with E-state index in [0.29, 0.717) is 16.6 Å². The zero-order valence-electron chi connectivity index (χ0n) is 17.5. The van der Waals surface area contributed by atoms with E-state index in [1.165, 1.54) is 16.9 Å². The van der Waals surface area contributed by atoms with Crippen LogP contribution in [0.3, 0.4) is 0 Å². The molecule has 0 radical (unpaired) electrons. The first kappa shape index (κ1) is 21.2. The van der Waals surface area contributed by atoms with Crippen molar-refractivity contribution in [3.63, 3.8) is 0 Å². The summed E-state index contributed by atoms with van der Waals surface area (Å²) >= 11 is 1.28. The molecule has 3 aromatic rings. The molecule has 3 heterocycles. The highest BCUT2D eigenvalue weighted by atomic mass is 32.1. The third-order valence-corrected chi connectivity index (χ3v) is 6.06. The van der Waals surface area contributed by atoms with Crippen LogP contribution in [-0.4, -0.2) is 52.7 Å². The number of likely N-dealkylation sites (tertiary alicyclic amines) is 1. The van der Waals surface area contributed by atoms with E-state index in [1.807, 2.05) is 18.2 Å². The Bertz CT molecular complexity index is 955. The summed E-state index contributed by atoms with van der Waals surface area (Å²) in [6.07, 6.45) is 3.90. The standard InChI is InChI=1S/C22H26N6O2S/c1-30-19-5-2-17(3-6-19)14-28-10-8-16(9-11-28)12-23-20-7-4-18(13-24-20)21(29)26-22-27-25-15-31-22/h2-7,13,15-16H,8-12,14H2,1H3,(H,23,24)(H,26,27,29). The smallest absolute Gasteiger partial charge is 0.259 e. The molecule has 1 amide bonds. The number of anilines is 2. The number of methoxy groups -OCH3 is 1. The quantitative estimate of drug-likeness (QED) is 0.556. The van der Waals surface area contributed by atoms with Gasteiger partial charge in [0.1, 0.15) is 17.1 Å². The van der Waals surface area contributed by atoms with E-state index in [9.17, 15) is 4.79 Å². The number of piperidine rings is 1. The van der Waals surface area contributed by atoms with E-state index >= 15 is 0 Å². The number of aromatic nitrogens is 3. The van der Waals surface area contributed by atoms with Gasteiger partial charge in [0.25, 0.3) is 5.91 Å². The summed E-state index contributed by atoms with van der Waals surface area (Å²) in [5, 5.41) is 14.1. The van der Waals surface area contributed by atoms with Crippen LogP contribution in [0.2, 0.25) is 0 Å². The average Bonchev–Trinajstić information content (AvgIpc) is 3.32. The van der Waals surface area contributed by atoms with Gasteiger partial charge in [-0.05, 0) is 61.7 Å². The highest BCUT2D eigenvalue weighted by molar-refractivity contribution is 7.13. The SMILES string of the molecule is COc1ccc(CN2CCC(CNc3ccc(C(=O)Nc4nncs4)cn3)CC2)cc1. The molecule has 0 atom stereocenters. The molecular formula is C22H26N6O2S. The molecule has 1 fully saturated rings. The zero-order chi connectivity index (χ0) is 21.5. The molecule has 2 N–H and O–H groups in total. The van der Waals surface area contributed by atoms with Gasteiger partial charge >= 0.3 is 0 Å². The minimum atomic E-state index is -0.236. The molecule has 0 unspecified atom stereocenters. The minimum absolute atomic E-state index is 0.236. The predicted octanol–water partition coefficient (Wildman–Crippen LogP) is 3.52. The highest BCUT2D eigenvalue weighted by Gasteiger charge is 2.19. The van der Waals surface area contributed by atoms with Gasteiger partial charge in [0.05, 0.1) is 12.7 Å². The lowest BCUT2D eigenvalue weighted by Crippen LogP contribution is -2.35. The number of hydrogen-bond acceptors (Lipinski definition) is 8. The number of ether oxygens (including phenoxy) is 1. The molecule has 0 saturated carbocycles. The summed E-state index contributed by atoms with van der Waals surface area (Å²) in [5.74, 6) is 2.06. The summed E-state index contributed by atoms with van der Waals surface area (Å²) in [6, 6.07) is 11.9. The Kier molecular flexibility index (Phi) is 7.06. The Balaban J connectivity index is 1.19. The Morgan fingerprint density at radius 3 is 2.65 bits per heavy atom. The summed E-state index contributed by atoms with van der Waals surface area (Å²) in [7, 11) is 1.69.